The Hall–Kier alpha value is -0.750. The molecule has 1 heterocycles. The summed E-state index contributed by atoms with van der Waals surface area (Å²) in [6.45, 7) is 7.16. The number of hydrogen-bond donors (Lipinski definition) is 2. The number of hydrogen-bond acceptors (Lipinski definition) is 5. The van der Waals surface area contributed by atoms with Crippen LogP contribution in [-0.2, 0) is 14.3 Å². The molecule has 1 fully saturated rings. The van der Waals surface area contributed by atoms with Gasteiger partial charge in [0.25, 0.3) is 0 Å². The van der Waals surface area contributed by atoms with Crippen molar-refractivity contribution in [2.45, 2.75) is 44.4 Å². The molecule has 0 radical (unpaired) electrons. The molecule has 0 spiro atoms. The zero-order valence-electron chi connectivity index (χ0n) is 11.2. The summed E-state index contributed by atoms with van der Waals surface area (Å²) in [4.78, 5) is 21.9. The first-order valence-electron chi connectivity index (χ1n) is 6.07. The lowest BCUT2D eigenvalue weighted by atomic mass is 9.86. The van der Waals surface area contributed by atoms with Crippen LogP contribution in [0.3, 0.4) is 0 Å². The number of aliphatic hydroxyl groups is 1. The highest BCUT2D eigenvalue weighted by Crippen LogP contribution is 2.38. The fraction of sp³-hybridized carbons (Fsp3) is 0.833. The van der Waals surface area contributed by atoms with Gasteiger partial charge in [0.05, 0.1) is 6.04 Å². The van der Waals surface area contributed by atoms with Crippen molar-refractivity contribution in [2.24, 2.45) is 11.8 Å². The third kappa shape index (κ3) is 3.88. The first-order valence-corrected chi connectivity index (χ1v) is 7.01. The highest BCUT2D eigenvalue weighted by molar-refractivity contribution is 8.00. The Morgan fingerprint density at radius 1 is 1.28 bits per heavy atom. The average molecular weight is 275 g/mol. The van der Waals surface area contributed by atoms with Gasteiger partial charge in [-0.25, -0.2) is 0 Å². The lowest BCUT2D eigenvalue weighted by Gasteiger charge is -2.42. The third-order valence-electron chi connectivity index (χ3n) is 3.42. The zero-order valence-corrected chi connectivity index (χ0v) is 12.0. The van der Waals surface area contributed by atoms with Gasteiger partial charge in [0.2, 0.25) is 5.91 Å². The molecule has 1 saturated heterocycles. The van der Waals surface area contributed by atoms with Crippen LogP contribution in [0.1, 0.15) is 27.7 Å². The first-order chi connectivity index (χ1) is 8.32. The van der Waals surface area contributed by atoms with Crippen molar-refractivity contribution in [3.63, 3.8) is 0 Å². The number of ether oxygens (including phenoxy) is 1. The predicted molar refractivity (Wildman–Crippen MR) is 70.0 cm³/mol. The molecule has 0 aromatic carbocycles. The normalized spacial score (nSPS) is 35.9. The molecule has 104 valence electrons. The van der Waals surface area contributed by atoms with Gasteiger partial charge >= 0.3 is 5.97 Å². The zero-order chi connectivity index (χ0) is 13.9. The molecule has 0 aromatic rings. The quantitative estimate of drug-likeness (QED) is 0.744. The molecule has 5 atom stereocenters. The molecule has 2 unspecified atom stereocenters. The van der Waals surface area contributed by atoms with E-state index in [0.717, 1.165) is 0 Å². The Bertz CT molecular complexity index is 321. The molecule has 5 nitrogen and oxygen atoms in total. The number of aliphatic hydroxyl groups excluding tert-OH is 1. The van der Waals surface area contributed by atoms with Gasteiger partial charge < -0.3 is 15.2 Å². The van der Waals surface area contributed by atoms with Crippen LogP contribution >= 0.6 is 11.8 Å². The molecule has 0 saturated carbocycles. The highest BCUT2D eigenvalue weighted by Gasteiger charge is 2.41. The van der Waals surface area contributed by atoms with Crippen LogP contribution in [-0.4, -0.2) is 40.3 Å². The number of esters is 1. The summed E-state index contributed by atoms with van der Waals surface area (Å²) < 4.78 is 5.01. The second kappa shape index (κ2) is 6.43. The van der Waals surface area contributed by atoms with Crippen LogP contribution < -0.4 is 5.32 Å². The van der Waals surface area contributed by atoms with E-state index in [4.69, 9.17) is 4.74 Å². The van der Waals surface area contributed by atoms with E-state index in [1.807, 2.05) is 13.8 Å². The molecule has 1 aliphatic rings. The summed E-state index contributed by atoms with van der Waals surface area (Å²) in [6, 6.07) is -0.254. The van der Waals surface area contributed by atoms with Gasteiger partial charge in [-0.05, 0) is 11.8 Å². The average Bonchev–Trinajstić information content (AvgIpc) is 2.27. The fourth-order valence-electron chi connectivity index (χ4n) is 2.14. The Morgan fingerprint density at radius 3 is 2.39 bits per heavy atom. The molecule has 0 aliphatic carbocycles. The molecule has 1 rings (SSSR count). The summed E-state index contributed by atoms with van der Waals surface area (Å²) in [5.74, 6) is -0.0774. The molecule has 1 aliphatic heterocycles. The summed E-state index contributed by atoms with van der Waals surface area (Å²) >= 11 is 1.35. The molecule has 2 N–H and O–H groups in total. The maximum atomic E-state index is 11.1. The van der Waals surface area contributed by atoms with Gasteiger partial charge in [-0.15, -0.1) is 11.8 Å². The van der Waals surface area contributed by atoms with Gasteiger partial charge in [-0.2, -0.15) is 0 Å². The van der Waals surface area contributed by atoms with E-state index in [1.54, 1.807) is 0 Å². The molecule has 0 aromatic heterocycles. The van der Waals surface area contributed by atoms with E-state index in [2.05, 4.69) is 5.32 Å². The molecule has 1 amide bonds. The molecular formula is C12H21NO4S. The van der Waals surface area contributed by atoms with E-state index in [9.17, 15) is 14.7 Å². The van der Waals surface area contributed by atoms with Crippen LogP contribution in [0, 0.1) is 11.8 Å². The van der Waals surface area contributed by atoms with Crippen LogP contribution in [0.2, 0.25) is 0 Å². The summed E-state index contributed by atoms with van der Waals surface area (Å²) in [6.07, 6.45) is 0. The lowest BCUT2D eigenvalue weighted by molar-refractivity contribution is -0.141. The maximum absolute atomic E-state index is 11.1. The molecule has 18 heavy (non-hydrogen) atoms. The summed E-state index contributed by atoms with van der Waals surface area (Å²) in [7, 11) is 0. The maximum Gasteiger partial charge on any atom is 0.302 e. The van der Waals surface area contributed by atoms with Gasteiger partial charge in [-0.1, -0.05) is 13.8 Å². The second-order valence-corrected chi connectivity index (χ2v) is 6.17. The number of thioether (sulfide) groups is 1. The van der Waals surface area contributed by atoms with Crippen molar-refractivity contribution in [1.82, 2.24) is 5.32 Å². The minimum atomic E-state index is -0.666. The second-order valence-electron chi connectivity index (χ2n) is 4.81. The van der Waals surface area contributed by atoms with Crippen LogP contribution in [0.5, 0.6) is 0 Å². The number of amides is 1. The summed E-state index contributed by atoms with van der Waals surface area (Å²) in [5.41, 5.74) is -0.666. The highest BCUT2D eigenvalue weighted by atomic mass is 32.2. The number of carbonyl (C=O) groups excluding carboxylic acids is 2. The smallest absolute Gasteiger partial charge is 0.302 e. The first kappa shape index (κ1) is 15.3. The van der Waals surface area contributed by atoms with Crippen LogP contribution in [0.4, 0.5) is 0 Å². The van der Waals surface area contributed by atoms with Crippen molar-refractivity contribution in [1.29, 1.82) is 0 Å². The van der Waals surface area contributed by atoms with E-state index >= 15 is 0 Å². The van der Waals surface area contributed by atoms with Gasteiger partial charge in [0, 0.05) is 19.1 Å². The lowest BCUT2D eigenvalue weighted by Crippen LogP contribution is -2.53. The Labute approximate surface area is 112 Å². The minimum Gasteiger partial charge on any atom is -0.465 e. The number of nitrogens with one attached hydrogen (secondary N) is 1. The molecular weight excluding hydrogens is 254 g/mol. The third-order valence-corrected chi connectivity index (χ3v) is 4.91. The molecule has 6 heteroatoms. The predicted octanol–water partition coefficient (Wildman–Crippen LogP) is 0.760. The molecule has 0 bridgehead atoms. The number of carbonyl (C=O) groups is 2. The van der Waals surface area contributed by atoms with Crippen molar-refractivity contribution in [3.05, 3.63) is 0 Å². The summed E-state index contributed by atoms with van der Waals surface area (Å²) in [5, 5.41) is 12.9. The largest absolute Gasteiger partial charge is 0.465 e. The minimum absolute atomic E-state index is 0.0592. The van der Waals surface area contributed by atoms with Crippen LogP contribution in [0.25, 0.3) is 0 Å². The van der Waals surface area contributed by atoms with Gasteiger partial charge in [-0.3, -0.25) is 9.59 Å². The Balaban J connectivity index is 2.64. The standard InChI is InChI=1S/C12H21NO4S/c1-6-7(2)11(13-8(3)14)12(16)18-10(6)5-17-9(4)15/h6-7,10-12,16H,5H2,1-4H3,(H,13,14)/t6-,7-,10?,11?,12-/m0/s1. The van der Waals surface area contributed by atoms with Crippen molar-refractivity contribution >= 4 is 23.6 Å². The Morgan fingerprint density at radius 2 is 1.89 bits per heavy atom. The number of rotatable bonds is 3. The monoisotopic (exact) mass is 275 g/mol. The van der Waals surface area contributed by atoms with Crippen molar-refractivity contribution < 1.29 is 19.4 Å². The van der Waals surface area contributed by atoms with E-state index in [1.165, 1.54) is 25.6 Å². The SMILES string of the molecule is CC(=O)NC1[C@@H](C)[C@H](C)C(COC(C)=O)S[C@@H]1O. The van der Waals surface area contributed by atoms with E-state index in [-0.39, 0.29) is 35.0 Å². The van der Waals surface area contributed by atoms with Crippen molar-refractivity contribution in [3.8, 4) is 0 Å². The van der Waals surface area contributed by atoms with Gasteiger partial charge in [0.15, 0.2) is 0 Å². The van der Waals surface area contributed by atoms with Crippen molar-refractivity contribution in [2.75, 3.05) is 6.61 Å². The van der Waals surface area contributed by atoms with Crippen LogP contribution in [0.15, 0.2) is 0 Å². The fourth-order valence-corrected chi connectivity index (χ4v) is 3.63. The Kier molecular flexibility index (Phi) is 5.47. The van der Waals surface area contributed by atoms with Gasteiger partial charge in [0.1, 0.15) is 12.0 Å². The van der Waals surface area contributed by atoms with E-state index < -0.39 is 5.44 Å². The topological polar surface area (TPSA) is 75.6 Å². The van der Waals surface area contributed by atoms with E-state index in [0.29, 0.717) is 6.61 Å².